The average Bonchev–Trinajstić information content (AvgIpc) is 2.49. The molecular formula is C16H12ClNO4. The molecule has 0 saturated heterocycles. The van der Waals surface area contributed by atoms with Crippen LogP contribution in [0.2, 0.25) is 5.02 Å². The zero-order valence-electron chi connectivity index (χ0n) is 11.7. The molecule has 22 heavy (non-hydrogen) atoms. The van der Waals surface area contributed by atoms with Crippen LogP contribution in [0.25, 0.3) is 6.08 Å². The normalized spacial score (nSPS) is 10.6. The van der Waals surface area contributed by atoms with Crippen LogP contribution in [0.4, 0.5) is 5.69 Å². The number of halogens is 1. The van der Waals surface area contributed by atoms with Crippen molar-refractivity contribution in [2.45, 2.75) is 6.92 Å². The van der Waals surface area contributed by atoms with Crippen molar-refractivity contribution >= 4 is 29.3 Å². The first-order valence-electron chi connectivity index (χ1n) is 6.36. The van der Waals surface area contributed by atoms with E-state index in [0.29, 0.717) is 10.6 Å². The minimum Gasteiger partial charge on any atom is -0.422 e. The standard InChI is InChI=1S/C16H12ClNO4/c1-11-5-7-14(17)15(9-11)22-16(19)8-6-12-3-2-4-13(10-12)18(20)21/h2-10H,1H3/b8-6+. The lowest BCUT2D eigenvalue weighted by Gasteiger charge is -2.04. The molecule has 5 nitrogen and oxygen atoms in total. The van der Waals surface area contributed by atoms with Gasteiger partial charge in [0, 0.05) is 18.2 Å². The average molecular weight is 318 g/mol. The molecule has 2 rings (SSSR count). The van der Waals surface area contributed by atoms with E-state index in [1.807, 2.05) is 6.92 Å². The molecule has 0 amide bonds. The van der Waals surface area contributed by atoms with E-state index in [4.69, 9.17) is 16.3 Å². The molecule has 0 aromatic heterocycles. The minimum absolute atomic E-state index is 0.0442. The van der Waals surface area contributed by atoms with Gasteiger partial charge in [0.2, 0.25) is 0 Å². The van der Waals surface area contributed by atoms with Crippen LogP contribution >= 0.6 is 11.6 Å². The van der Waals surface area contributed by atoms with Gasteiger partial charge in [-0.3, -0.25) is 10.1 Å². The molecule has 0 spiro atoms. The number of hydrogen-bond donors (Lipinski definition) is 0. The molecule has 0 heterocycles. The van der Waals surface area contributed by atoms with Gasteiger partial charge in [-0.25, -0.2) is 4.79 Å². The number of carbonyl (C=O) groups is 1. The fraction of sp³-hybridized carbons (Fsp3) is 0.0625. The Hall–Kier alpha value is -2.66. The number of nitro benzene ring substituents is 1. The highest BCUT2D eigenvalue weighted by molar-refractivity contribution is 6.32. The first kappa shape index (κ1) is 15.7. The van der Waals surface area contributed by atoms with Gasteiger partial charge in [-0.2, -0.15) is 0 Å². The van der Waals surface area contributed by atoms with Crippen LogP contribution in [0, 0.1) is 17.0 Å². The van der Waals surface area contributed by atoms with Crippen LogP contribution in [0.3, 0.4) is 0 Å². The van der Waals surface area contributed by atoms with Crippen molar-refractivity contribution < 1.29 is 14.5 Å². The Morgan fingerprint density at radius 2 is 2.05 bits per heavy atom. The number of nitrogens with zero attached hydrogens (tertiary/aromatic N) is 1. The minimum atomic E-state index is -0.612. The second-order valence-electron chi connectivity index (χ2n) is 4.54. The molecule has 0 radical (unpaired) electrons. The van der Waals surface area contributed by atoms with E-state index in [-0.39, 0.29) is 11.4 Å². The number of aryl methyl sites for hydroxylation is 1. The van der Waals surface area contributed by atoms with Crippen LogP contribution in [0.15, 0.2) is 48.5 Å². The smallest absolute Gasteiger partial charge is 0.336 e. The molecule has 0 atom stereocenters. The fourth-order valence-corrected chi connectivity index (χ4v) is 1.89. The third-order valence-electron chi connectivity index (χ3n) is 2.79. The maximum Gasteiger partial charge on any atom is 0.336 e. The van der Waals surface area contributed by atoms with E-state index in [1.54, 1.807) is 30.3 Å². The summed E-state index contributed by atoms with van der Waals surface area (Å²) in [5, 5.41) is 11.0. The molecule has 2 aromatic rings. The van der Waals surface area contributed by atoms with Gasteiger partial charge < -0.3 is 4.74 Å². The van der Waals surface area contributed by atoms with Gasteiger partial charge >= 0.3 is 5.97 Å². The predicted molar refractivity (Wildman–Crippen MR) is 84.0 cm³/mol. The van der Waals surface area contributed by atoms with Crippen molar-refractivity contribution in [3.8, 4) is 5.75 Å². The van der Waals surface area contributed by atoms with Gasteiger partial charge in [-0.05, 0) is 36.3 Å². The Labute approximate surface area is 131 Å². The third-order valence-corrected chi connectivity index (χ3v) is 3.10. The summed E-state index contributed by atoms with van der Waals surface area (Å²) in [6.45, 7) is 1.85. The molecule has 112 valence electrons. The summed E-state index contributed by atoms with van der Waals surface area (Å²) < 4.78 is 5.13. The first-order valence-corrected chi connectivity index (χ1v) is 6.74. The molecule has 0 saturated carbocycles. The van der Waals surface area contributed by atoms with Crippen LogP contribution in [-0.2, 0) is 4.79 Å². The summed E-state index contributed by atoms with van der Waals surface area (Å²) in [6.07, 6.45) is 2.64. The molecule has 0 unspecified atom stereocenters. The summed E-state index contributed by atoms with van der Waals surface area (Å²) in [5.41, 5.74) is 1.40. The number of hydrogen-bond acceptors (Lipinski definition) is 4. The van der Waals surface area contributed by atoms with E-state index in [1.165, 1.54) is 24.3 Å². The zero-order chi connectivity index (χ0) is 16.1. The van der Waals surface area contributed by atoms with Crippen LogP contribution in [0.1, 0.15) is 11.1 Å². The van der Waals surface area contributed by atoms with Crippen molar-refractivity contribution in [2.75, 3.05) is 0 Å². The quantitative estimate of drug-likeness (QED) is 0.279. The van der Waals surface area contributed by atoms with Gasteiger partial charge in [0.05, 0.1) is 9.95 Å². The number of nitro groups is 1. The Bertz CT molecular complexity index is 756. The molecular weight excluding hydrogens is 306 g/mol. The van der Waals surface area contributed by atoms with Crippen LogP contribution < -0.4 is 4.74 Å². The number of carbonyl (C=O) groups excluding carboxylic acids is 1. The second kappa shape index (κ2) is 6.87. The molecule has 0 bridgehead atoms. The number of esters is 1. The lowest BCUT2D eigenvalue weighted by molar-refractivity contribution is -0.384. The van der Waals surface area contributed by atoms with Gasteiger partial charge in [0.15, 0.2) is 0 Å². The van der Waals surface area contributed by atoms with Crippen molar-refractivity contribution in [2.24, 2.45) is 0 Å². The van der Waals surface area contributed by atoms with Crippen LogP contribution in [-0.4, -0.2) is 10.9 Å². The molecule has 0 aliphatic heterocycles. The van der Waals surface area contributed by atoms with Gasteiger partial charge in [-0.15, -0.1) is 0 Å². The molecule has 0 N–H and O–H groups in total. The third kappa shape index (κ3) is 4.17. The SMILES string of the molecule is Cc1ccc(Cl)c(OC(=O)/C=C/c2cccc([N+](=O)[O-])c2)c1. The summed E-state index contributed by atoms with van der Waals surface area (Å²) >= 11 is 5.94. The Kier molecular flexibility index (Phi) is 4.91. The number of benzene rings is 2. The van der Waals surface area contributed by atoms with E-state index < -0.39 is 10.9 Å². The fourth-order valence-electron chi connectivity index (χ4n) is 1.74. The van der Waals surface area contributed by atoms with E-state index in [9.17, 15) is 14.9 Å². The molecule has 2 aromatic carbocycles. The van der Waals surface area contributed by atoms with Gasteiger partial charge in [-0.1, -0.05) is 29.8 Å². The maximum atomic E-state index is 11.8. The molecule has 0 aliphatic rings. The van der Waals surface area contributed by atoms with Crippen molar-refractivity contribution in [3.63, 3.8) is 0 Å². The summed E-state index contributed by atoms with van der Waals surface area (Å²) in [5.74, 6) is -0.339. The summed E-state index contributed by atoms with van der Waals surface area (Å²) in [7, 11) is 0. The maximum absolute atomic E-state index is 11.8. The molecule has 0 aliphatic carbocycles. The lowest BCUT2D eigenvalue weighted by atomic mass is 10.2. The Morgan fingerprint density at radius 1 is 1.27 bits per heavy atom. The van der Waals surface area contributed by atoms with Crippen molar-refractivity contribution in [1.82, 2.24) is 0 Å². The Balaban J connectivity index is 2.10. The number of ether oxygens (including phenoxy) is 1. The van der Waals surface area contributed by atoms with E-state index in [0.717, 1.165) is 5.56 Å². The topological polar surface area (TPSA) is 69.4 Å². The van der Waals surface area contributed by atoms with Gasteiger partial charge in [0.1, 0.15) is 5.75 Å². The highest BCUT2D eigenvalue weighted by Crippen LogP contribution is 2.25. The summed E-state index contributed by atoms with van der Waals surface area (Å²) in [4.78, 5) is 21.9. The molecule has 0 fully saturated rings. The lowest BCUT2D eigenvalue weighted by Crippen LogP contribution is -2.04. The van der Waals surface area contributed by atoms with Crippen LogP contribution in [0.5, 0.6) is 5.75 Å². The summed E-state index contributed by atoms with van der Waals surface area (Å²) in [6, 6.07) is 11.0. The van der Waals surface area contributed by atoms with E-state index >= 15 is 0 Å². The number of rotatable bonds is 4. The monoisotopic (exact) mass is 317 g/mol. The van der Waals surface area contributed by atoms with E-state index in [2.05, 4.69) is 0 Å². The Morgan fingerprint density at radius 3 is 2.77 bits per heavy atom. The molecule has 6 heteroatoms. The first-order chi connectivity index (χ1) is 10.5. The highest BCUT2D eigenvalue weighted by atomic mass is 35.5. The van der Waals surface area contributed by atoms with Crippen molar-refractivity contribution in [1.29, 1.82) is 0 Å². The van der Waals surface area contributed by atoms with Gasteiger partial charge in [0.25, 0.3) is 5.69 Å². The zero-order valence-corrected chi connectivity index (χ0v) is 12.4. The second-order valence-corrected chi connectivity index (χ2v) is 4.95. The highest BCUT2D eigenvalue weighted by Gasteiger charge is 2.07. The number of non-ortho nitro benzene ring substituents is 1. The predicted octanol–water partition coefficient (Wildman–Crippen LogP) is 4.18. The van der Waals surface area contributed by atoms with Crippen molar-refractivity contribution in [3.05, 3.63) is 74.8 Å². The largest absolute Gasteiger partial charge is 0.422 e.